The molecule has 8 heteroatoms. The predicted octanol–water partition coefficient (Wildman–Crippen LogP) is 1.16. The number of amides is 1. The predicted molar refractivity (Wildman–Crippen MR) is 102 cm³/mol. The average molecular weight is 371 g/mol. The van der Waals surface area contributed by atoms with E-state index in [0.29, 0.717) is 18.1 Å². The summed E-state index contributed by atoms with van der Waals surface area (Å²) in [6.07, 6.45) is 1.40. The van der Waals surface area contributed by atoms with Gasteiger partial charge in [-0.2, -0.15) is 0 Å². The van der Waals surface area contributed by atoms with Crippen molar-refractivity contribution in [3.8, 4) is 5.75 Å². The SMILES string of the molecule is COc1ccccc1CNC(=O)c1cc(NCCN2CCOCC2)ncn1. The summed E-state index contributed by atoms with van der Waals surface area (Å²) in [5, 5.41) is 6.11. The van der Waals surface area contributed by atoms with E-state index in [1.165, 1.54) is 6.33 Å². The third kappa shape index (κ3) is 5.63. The first kappa shape index (κ1) is 19.1. The van der Waals surface area contributed by atoms with Crippen LogP contribution >= 0.6 is 0 Å². The summed E-state index contributed by atoms with van der Waals surface area (Å²) in [4.78, 5) is 23.0. The monoisotopic (exact) mass is 371 g/mol. The molecule has 1 aliphatic heterocycles. The molecule has 0 aliphatic carbocycles. The lowest BCUT2D eigenvalue weighted by Gasteiger charge is -2.26. The van der Waals surface area contributed by atoms with Gasteiger partial charge in [0.1, 0.15) is 23.6 Å². The maximum atomic E-state index is 12.4. The fourth-order valence-corrected chi connectivity index (χ4v) is 2.86. The van der Waals surface area contributed by atoms with E-state index in [-0.39, 0.29) is 5.91 Å². The molecule has 0 atom stereocenters. The number of nitrogens with one attached hydrogen (secondary N) is 2. The molecule has 2 heterocycles. The third-order valence-corrected chi connectivity index (χ3v) is 4.37. The number of carbonyl (C=O) groups is 1. The highest BCUT2D eigenvalue weighted by atomic mass is 16.5. The zero-order chi connectivity index (χ0) is 18.9. The van der Waals surface area contributed by atoms with E-state index in [1.54, 1.807) is 13.2 Å². The molecule has 1 aromatic carbocycles. The van der Waals surface area contributed by atoms with Crippen molar-refractivity contribution in [2.45, 2.75) is 6.54 Å². The van der Waals surface area contributed by atoms with E-state index < -0.39 is 0 Å². The van der Waals surface area contributed by atoms with Crippen molar-refractivity contribution >= 4 is 11.7 Å². The minimum atomic E-state index is -0.250. The molecule has 0 saturated carbocycles. The maximum absolute atomic E-state index is 12.4. The van der Waals surface area contributed by atoms with Gasteiger partial charge in [0.15, 0.2) is 0 Å². The molecule has 0 bridgehead atoms. The molecule has 3 rings (SSSR count). The van der Waals surface area contributed by atoms with Crippen molar-refractivity contribution in [1.29, 1.82) is 0 Å². The lowest BCUT2D eigenvalue weighted by Crippen LogP contribution is -2.39. The van der Waals surface area contributed by atoms with Crippen LogP contribution in [0.5, 0.6) is 5.75 Å². The first-order valence-electron chi connectivity index (χ1n) is 9.02. The van der Waals surface area contributed by atoms with Gasteiger partial charge in [0.2, 0.25) is 0 Å². The number of rotatable bonds is 8. The van der Waals surface area contributed by atoms with Gasteiger partial charge in [-0.15, -0.1) is 0 Å². The molecule has 144 valence electrons. The molecule has 27 heavy (non-hydrogen) atoms. The number of para-hydroxylation sites is 1. The summed E-state index contributed by atoms with van der Waals surface area (Å²) in [5.41, 5.74) is 1.24. The molecule has 0 unspecified atom stereocenters. The Labute approximate surface area is 158 Å². The second-order valence-corrected chi connectivity index (χ2v) is 6.16. The molecule has 1 saturated heterocycles. The Hall–Kier alpha value is -2.71. The number of hydrogen-bond acceptors (Lipinski definition) is 7. The Morgan fingerprint density at radius 1 is 1.26 bits per heavy atom. The molecule has 1 aromatic heterocycles. The summed E-state index contributed by atoms with van der Waals surface area (Å²) in [7, 11) is 1.61. The average Bonchev–Trinajstić information content (AvgIpc) is 2.73. The van der Waals surface area contributed by atoms with E-state index >= 15 is 0 Å². The summed E-state index contributed by atoms with van der Waals surface area (Å²) < 4.78 is 10.6. The Morgan fingerprint density at radius 2 is 2.07 bits per heavy atom. The molecule has 1 amide bonds. The van der Waals surface area contributed by atoms with Gasteiger partial charge in [0, 0.05) is 44.4 Å². The minimum absolute atomic E-state index is 0.250. The third-order valence-electron chi connectivity index (χ3n) is 4.37. The molecule has 1 fully saturated rings. The second kappa shape index (κ2) is 9.84. The van der Waals surface area contributed by atoms with Gasteiger partial charge >= 0.3 is 0 Å². The molecule has 0 spiro atoms. The van der Waals surface area contributed by atoms with Gasteiger partial charge in [-0.25, -0.2) is 9.97 Å². The number of hydrogen-bond donors (Lipinski definition) is 2. The number of methoxy groups -OCH3 is 1. The number of ether oxygens (including phenoxy) is 2. The molecule has 1 aliphatic rings. The lowest BCUT2D eigenvalue weighted by molar-refractivity contribution is 0.0398. The number of aromatic nitrogens is 2. The Bertz CT molecular complexity index is 750. The van der Waals surface area contributed by atoms with Crippen molar-refractivity contribution in [3.63, 3.8) is 0 Å². The van der Waals surface area contributed by atoms with Gasteiger partial charge in [0.05, 0.1) is 20.3 Å². The van der Waals surface area contributed by atoms with Gasteiger partial charge in [0.25, 0.3) is 5.91 Å². The van der Waals surface area contributed by atoms with Crippen molar-refractivity contribution in [3.05, 3.63) is 47.9 Å². The summed E-state index contributed by atoms with van der Waals surface area (Å²) >= 11 is 0. The number of carbonyl (C=O) groups excluding carboxylic acids is 1. The van der Waals surface area contributed by atoms with Crippen molar-refractivity contribution in [2.75, 3.05) is 51.8 Å². The normalized spacial score (nSPS) is 14.6. The molecule has 2 N–H and O–H groups in total. The van der Waals surface area contributed by atoms with Crippen molar-refractivity contribution < 1.29 is 14.3 Å². The number of benzene rings is 1. The van der Waals surface area contributed by atoms with E-state index in [9.17, 15) is 4.79 Å². The molecule has 0 radical (unpaired) electrons. The van der Waals surface area contributed by atoms with Crippen LogP contribution in [0.2, 0.25) is 0 Å². The van der Waals surface area contributed by atoms with Crippen LogP contribution in [0.25, 0.3) is 0 Å². The summed E-state index contributed by atoms with van der Waals surface area (Å²) in [5.74, 6) is 1.13. The smallest absolute Gasteiger partial charge is 0.270 e. The van der Waals surface area contributed by atoms with Crippen LogP contribution in [0.3, 0.4) is 0 Å². The largest absolute Gasteiger partial charge is 0.496 e. The second-order valence-electron chi connectivity index (χ2n) is 6.16. The van der Waals surface area contributed by atoms with Crippen LogP contribution in [0, 0.1) is 0 Å². The van der Waals surface area contributed by atoms with Crippen LogP contribution in [-0.2, 0) is 11.3 Å². The summed E-state index contributed by atoms with van der Waals surface area (Å²) in [6, 6.07) is 9.24. The Kier molecular flexibility index (Phi) is 6.95. The van der Waals surface area contributed by atoms with Crippen LogP contribution in [0.4, 0.5) is 5.82 Å². The number of nitrogens with zero attached hydrogens (tertiary/aromatic N) is 3. The fraction of sp³-hybridized carbons (Fsp3) is 0.421. The molecule has 8 nitrogen and oxygen atoms in total. The minimum Gasteiger partial charge on any atom is -0.496 e. The van der Waals surface area contributed by atoms with E-state index in [4.69, 9.17) is 9.47 Å². The van der Waals surface area contributed by atoms with Gasteiger partial charge in [-0.1, -0.05) is 18.2 Å². The quantitative estimate of drug-likeness (QED) is 0.720. The highest BCUT2D eigenvalue weighted by molar-refractivity contribution is 5.92. The topological polar surface area (TPSA) is 88.6 Å². The maximum Gasteiger partial charge on any atom is 0.270 e. The Morgan fingerprint density at radius 3 is 2.89 bits per heavy atom. The van der Waals surface area contributed by atoms with Crippen LogP contribution in [-0.4, -0.2) is 67.3 Å². The van der Waals surface area contributed by atoms with E-state index in [2.05, 4.69) is 25.5 Å². The van der Waals surface area contributed by atoms with Gasteiger partial charge in [-0.05, 0) is 6.07 Å². The van der Waals surface area contributed by atoms with E-state index in [1.807, 2.05) is 24.3 Å². The number of morpholine rings is 1. The molecular weight excluding hydrogens is 346 g/mol. The first-order valence-corrected chi connectivity index (χ1v) is 9.02. The fourth-order valence-electron chi connectivity index (χ4n) is 2.86. The Balaban J connectivity index is 1.50. The van der Waals surface area contributed by atoms with Crippen LogP contribution in [0.1, 0.15) is 16.1 Å². The van der Waals surface area contributed by atoms with Crippen LogP contribution < -0.4 is 15.4 Å². The zero-order valence-electron chi connectivity index (χ0n) is 15.5. The van der Waals surface area contributed by atoms with E-state index in [0.717, 1.165) is 50.7 Å². The van der Waals surface area contributed by atoms with Gasteiger partial charge < -0.3 is 20.1 Å². The zero-order valence-corrected chi connectivity index (χ0v) is 15.5. The summed E-state index contributed by atoms with van der Waals surface area (Å²) in [6.45, 7) is 5.48. The highest BCUT2D eigenvalue weighted by Crippen LogP contribution is 2.16. The lowest BCUT2D eigenvalue weighted by atomic mass is 10.2. The first-order chi connectivity index (χ1) is 13.3. The van der Waals surface area contributed by atoms with Gasteiger partial charge in [-0.3, -0.25) is 9.69 Å². The van der Waals surface area contributed by atoms with Crippen molar-refractivity contribution in [2.24, 2.45) is 0 Å². The molecule has 2 aromatic rings. The standard InChI is InChI=1S/C19H25N5O3/c1-26-17-5-3-2-4-15(17)13-21-19(25)16-12-18(23-14-22-16)20-6-7-24-8-10-27-11-9-24/h2-5,12,14H,6-11,13H2,1H3,(H,21,25)(H,20,22,23). The van der Waals surface area contributed by atoms with Crippen molar-refractivity contribution in [1.82, 2.24) is 20.2 Å². The number of anilines is 1. The van der Waals surface area contributed by atoms with Crippen LogP contribution in [0.15, 0.2) is 36.7 Å². The highest BCUT2D eigenvalue weighted by Gasteiger charge is 2.12. The molecular formula is C19H25N5O3.